The normalized spacial score (nSPS) is 57.6. The fourth-order valence-electron chi connectivity index (χ4n) is 6.67. The molecule has 0 aliphatic heterocycles. The third-order valence-corrected chi connectivity index (χ3v) is 8.08. The van der Waals surface area contributed by atoms with Crippen LogP contribution in [0.1, 0.15) is 58.8 Å². The monoisotopic (exact) mass is 308 g/mol. The van der Waals surface area contributed by atoms with Crippen molar-refractivity contribution in [1.82, 2.24) is 0 Å². The average Bonchev–Trinajstić information content (AvgIpc) is 2.73. The van der Waals surface area contributed by atoms with Gasteiger partial charge >= 0.3 is 0 Å². The molecule has 3 fully saturated rings. The number of hydrogen-bond acceptors (Lipinski definition) is 2. The first-order valence-corrected chi connectivity index (χ1v) is 9.08. The van der Waals surface area contributed by atoms with Crippen LogP contribution in [0.2, 0.25) is 0 Å². The maximum absolute atomic E-state index is 14.3. The lowest BCUT2D eigenvalue weighted by Crippen LogP contribution is -2.57. The Kier molecular flexibility index (Phi) is 3.30. The first-order chi connectivity index (χ1) is 10.4. The summed E-state index contributed by atoms with van der Waals surface area (Å²) in [7, 11) is 0. The molecule has 8 atom stereocenters. The van der Waals surface area contributed by atoms with E-state index in [1.165, 1.54) is 19.3 Å². The molecule has 0 aromatic carbocycles. The Morgan fingerprint density at radius 1 is 1.18 bits per heavy atom. The fraction of sp³-hybridized carbons (Fsp3) is 0.895. The summed E-state index contributed by atoms with van der Waals surface area (Å²) in [5, 5.41) is 21.2. The molecule has 0 amide bonds. The molecule has 0 unspecified atom stereocenters. The molecule has 4 rings (SSSR count). The van der Waals surface area contributed by atoms with Crippen LogP contribution >= 0.6 is 0 Å². The zero-order valence-corrected chi connectivity index (χ0v) is 13.8. The number of allylic oxidation sites excluding steroid dienone is 2. The van der Waals surface area contributed by atoms with Gasteiger partial charge in [0.25, 0.3) is 0 Å². The zero-order valence-electron chi connectivity index (χ0n) is 13.8. The Bertz CT molecular complexity index is 504. The number of alkyl halides is 1. The van der Waals surface area contributed by atoms with Crippen LogP contribution < -0.4 is 0 Å². The smallest absolute Gasteiger partial charge is 0.127 e. The van der Waals surface area contributed by atoms with Crippen molar-refractivity contribution in [3.05, 3.63) is 11.6 Å². The molecule has 124 valence electrons. The molecular weight excluding hydrogens is 279 g/mol. The largest absolute Gasteiger partial charge is 0.392 e. The van der Waals surface area contributed by atoms with E-state index in [4.69, 9.17) is 0 Å². The van der Waals surface area contributed by atoms with E-state index in [9.17, 15) is 14.6 Å². The predicted molar refractivity (Wildman–Crippen MR) is 84.0 cm³/mol. The number of aliphatic hydroxyl groups is 2. The highest BCUT2D eigenvalue weighted by molar-refractivity contribution is 5.25. The van der Waals surface area contributed by atoms with Crippen molar-refractivity contribution in [1.29, 1.82) is 0 Å². The van der Waals surface area contributed by atoms with Gasteiger partial charge in [-0.15, -0.1) is 0 Å². The summed E-state index contributed by atoms with van der Waals surface area (Å²) in [6.45, 7) is 4.31. The molecule has 4 aliphatic carbocycles. The van der Waals surface area contributed by atoms with Gasteiger partial charge < -0.3 is 10.2 Å². The van der Waals surface area contributed by atoms with Crippen molar-refractivity contribution in [3.63, 3.8) is 0 Å². The molecule has 0 saturated heterocycles. The van der Waals surface area contributed by atoms with E-state index in [2.05, 4.69) is 13.0 Å². The Balaban J connectivity index is 1.73. The summed E-state index contributed by atoms with van der Waals surface area (Å²) < 4.78 is 14.3. The molecule has 4 aliphatic rings. The van der Waals surface area contributed by atoms with Crippen LogP contribution in [0.3, 0.4) is 0 Å². The third-order valence-electron chi connectivity index (χ3n) is 8.08. The van der Waals surface area contributed by atoms with Crippen LogP contribution in [0.4, 0.5) is 4.39 Å². The van der Waals surface area contributed by atoms with Crippen LogP contribution in [0.5, 0.6) is 0 Å². The van der Waals surface area contributed by atoms with Crippen molar-refractivity contribution in [2.45, 2.75) is 77.2 Å². The van der Waals surface area contributed by atoms with E-state index in [1.807, 2.05) is 6.92 Å². The molecule has 0 radical (unpaired) electrons. The quantitative estimate of drug-likeness (QED) is 0.671. The van der Waals surface area contributed by atoms with Crippen molar-refractivity contribution in [3.8, 4) is 0 Å². The lowest BCUT2D eigenvalue weighted by Gasteiger charge is -2.59. The van der Waals surface area contributed by atoms with Gasteiger partial charge in [-0.05, 0) is 68.1 Å². The summed E-state index contributed by atoms with van der Waals surface area (Å²) >= 11 is 0. The van der Waals surface area contributed by atoms with Crippen LogP contribution in [-0.2, 0) is 0 Å². The second-order valence-corrected chi connectivity index (χ2v) is 8.77. The van der Waals surface area contributed by atoms with Crippen LogP contribution in [0, 0.1) is 28.6 Å². The van der Waals surface area contributed by atoms with Gasteiger partial charge in [0.05, 0.1) is 12.2 Å². The second-order valence-electron chi connectivity index (χ2n) is 8.77. The van der Waals surface area contributed by atoms with Crippen LogP contribution in [0.15, 0.2) is 11.6 Å². The molecule has 0 aromatic rings. The van der Waals surface area contributed by atoms with Crippen molar-refractivity contribution < 1.29 is 14.6 Å². The number of rotatable bonds is 0. The minimum absolute atomic E-state index is 0.131. The molecule has 0 heterocycles. The van der Waals surface area contributed by atoms with E-state index in [0.717, 1.165) is 19.3 Å². The van der Waals surface area contributed by atoms with Crippen molar-refractivity contribution in [2.75, 3.05) is 0 Å². The minimum atomic E-state index is -1.17. The van der Waals surface area contributed by atoms with E-state index in [0.29, 0.717) is 18.3 Å². The highest BCUT2D eigenvalue weighted by Crippen LogP contribution is 2.65. The van der Waals surface area contributed by atoms with Crippen molar-refractivity contribution >= 4 is 0 Å². The van der Waals surface area contributed by atoms with Gasteiger partial charge in [0.1, 0.15) is 6.17 Å². The molecule has 2 nitrogen and oxygen atoms in total. The summed E-state index contributed by atoms with van der Waals surface area (Å²) in [4.78, 5) is 0. The van der Waals surface area contributed by atoms with Gasteiger partial charge in [-0.25, -0.2) is 4.39 Å². The zero-order chi connectivity index (χ0) is 15.7. The molecule has 0 bridgehead atoms. The van der Waals surface area contributed by atoms with Gasteiger partial charge in [-0.1, -0.05) is 25.5 Å². The lowest BCUT2D eigenvalue weighted by molar-refractivity contribution is -0.152. The van der Waals surface area contributed by atoms with Gasteiger partial charge in [0, 0.05) is 5.41 Å². The Morgan fingerprint density at radius 2 is 1.95 bits per heavy atom. The number of aliphatic hydroxyl groups excluding tert-OH is 2. The van der Waals surface area contributed by atoms with Gasteiger partial charge in [0.15, 0.2) is 0 Å². The van der Waals surface area contributed by atoms with Crippen molar-refractivity contribution in [2.24, 2.45) is 28.6 Å². The maximum Gasteiger partial charge on any atom is 0.127 e. The maximum atomic E-state index is 14.3. The Hall–Kier alpha value is -0.410. The third kappa shape index (κ3) is 1.73. The summed E-state index contributed by atoms with van der Waals surface area (Å²) in [5.74, 6) is 1.05. The summed E-state index contributed by atoms with van der Waals surface area (Å²) in [6.07, 6.45) is 6.73. The highest BCUT2D eigenvalue weighted by Gasteiger charge is 2.64. The molecular formula is C19H29FO2. The van der Waals surface area contributed by atoms with E-state index >= 15 is 0 Å². The Morgan fingerprint density at radius 3 is 2.73 bits per heavy atom. The molecule has 3 heteroatoms. The fourth-order valence-corrected chi connectivity index (χ4v) is 6.67. The lowest BCUT2D eigenvalue weighted by atomic mass is 9.47. The Labute approximate surface area is 132 Å². The molecule has 3 saturated carbocycles. The second kappa shape index (κ2) is 4.80. The minimum Gasteiger partial charge on any atom is -0.392 e. The highest BCUT2D eigenvalue weighted by atomic mass is 19.1. The van der Waals surface area contributed by atoms with Crippen LogP contribution in [-0.4, -0.2) is 28.6 Å². The number of hydrogen-bond donors (Lipinski definition) is 2. The number of halogens is 1. The van der Waals surface area contributed by atoms with Gasteiger partial charge in [-0.2, -0.15) is 0 Å². The summed E-state index contributed by atoms with van der Waals surface area (Å²) in [5.41, 5.74) is 1.14. The van der Waals surface area contributed by atoms with E-state index in [-0.39, 0.29) is 11.3 Å². The molecule has 0 aromatic heterocycles. The summed E-state index contributed by atoms with van der Waals surface area (Å²) in [6, 6.07) is 0. The van der Waals surface area contributed by atoms with Gasteiger partial charge in [0.2, 0.25) is 0 Å². The molecule has 0 spiro atoms. The van der Waals surface area contributed by atoms with E-state index in [1.54, 1.807) is 5.57 Å². The first-order valence-electron chi connectivity index (χ1n) is 9.08. The van der Waals surface area contributed by atoms with Crippen LogP contribution in [0.25, 0.3) is 0 Å². The standard InChI is InChI=1S/C19H29FO2/c1-18-8-4-3-5-11(18)6-7-12-13(18)10-16(21)19(2)14(12)9-15(20)17(19)22/h5,12-17,21-22H,3-4,6-10H2,1-2H3/t12-,13+,14+,15-,16-,17-,18+,19-/m1/s1. The SMILES string of the molecule is C[C@]12[C@H](O)C[C@H]3[C@@H](CCC4=CCCC[C@@]43C)[C@@H]1C[C@@H](F)[C@H]2O. The average molecular weight is 308 g/mol. The molecule has 22 heavy (non-hydrogen) atoms. The number of fused-ring (bicyclic) bond motifs is 5. The van der Waals surface area contributed by atoms with Gasteiger partial charge in [-0.3, -0.25) is 0 Å². The predicted octanol–water partition coefficient (Wildman–Crippen LogP) is 3.62. The first kappa shape index (κ1) is 15.1. The van der Waals surface area contributed by atoms with E-state index < -0.39 is 23.8 Å². The molecule has 2 N–H and O–H groups in total. The topological polar surface area (TPSA) is 40.5 Å².